The third-order valence-corrected chi connectivity index (χ3v) is 3.86. The van der Waals surface area contributed by atoms with Crippen molar-refractivity contribution >= 4 is 11.6 Å². The van der Waals surface area contributed by atoms with Gasteiger partial charge >= 0.3 is 0 Å². The largest absolute Gasteiger partial charge is 0.494 e. The van der Waals surface area contributed by atoms with Gasteiger partial charge < -0.3 is 9.64 Å². The van der Waals surface area contributed by atoms with E-state index in [-0.39, 0.29) is 17.0 Å². The lowest BCUT2D eigenvalue weighted by molar-refractivity contribution is -0.384. The van der Waals surface area contributed by atoms with Gasteiger partial charge in [-0.3, -0.25) is 14.9 Å². The lowest BCUT2D eigenvalue weighted by Crippen LogP contribution is -2.29. The van der Waals surface area contributed by atoms with Crippen LogP contribution in [0.3, 0.4) is 0 Å². The zero-order valence-electron chi connectivity index (χ0n) is 13.5. The quantitative estimate of drug-likeness (QED) is 0.620. The van der Waals surface area contributed by atoms with Gasteiger partial charge in [0.05, 0.1) is 18.1 Å². The lowest BCUT2D eigenvalue weighted by Gasteiger charge is -2.25. The number of hydrogen-bond acceptors (Lipinski definition) is 4. The molecule has 0 spiro atoms. The highest BCUT2D eigenvalue weighted by Gasteiger charge is 2.21. The normalized spacial score (nSPS) is 11.7. The number of nitro groups is 1. The van der Waals surface area contributed by atoms with Crippen LogP contribution in [-0.4, -0.2) is 29.9 Å². The molecule has 7 heteroatoms. The molecule has 1 amide bonds. The van der Waals surface area contributed by atoms with Gasteiger partial charge in [0.25, 0.3) is 11.6 Å². The third kappa shape index (κ3) is 3.51. The van der Waals surface area contributed by atoms with Crippen molar-refractivity contribution in [1.29, 1.82) is 0 Å². The zero-order chi connectivity index (χ0) is 17.9. The number of hydrogen-bond donors (Lipinski definition) is 0. The van der Waals surface area contributed by atoms with Gasteiger partial charge in [-0.15, -0.1) is 0 Å². The van der Waals surface area contributed by atoms with Crippen LogP contribution < -0.4 is 4.74 Å². The van der Waals surface area contributed by atoms with Crippen LogP contribution in [0.25, 0.3) is 0 Å². The van der Waals surface area contributed by atoms with Crippen molar-refractivity contribution < 1.29 is 18.8 Å². The van der Waals surface area contributed by atoms with Crippen molar-refractivity contribution in [1.82, 2.24) is 4.90 Å². The van der Waals surface area contributed by atoms with Gasteiger partial charge in [0.1, 0.15) is 0 Å². The first-order valence-electron chi connectivity index (χ1n) is 7.20. The summed E-state index contributed by atoms with van der Waals surface area (Å²) >= 11 is 0. The first kappa shape index (κ1) is 17.4. The summed E-state index contributed by atoms with van der Waals surface area (Å²) < 4.78 is 18.6. The molecule has 2 rings (SSSR count). The maximum Gasteiger partial charge on any atom is 0.269 e. The van der Waals surface area contributed by atoms with Crippen LogP contribution in [0, 0.1) is 15.9 Å². The molecule has 2 aromatic rings. The second-order valence-electron chi connectivity index (χ2n) is 5.29. The predicted octanol–water partition coefficient (Wildman–Crippen LogP) is 3.58. The van der Waals surface area contributed by atoms with E-state index in [1.807, 2.05) is 0 Å². The maximum atomic E-state index is 13.8. The second-order valence-corrected chi connectivity index (χ2v) is 5.29. The fourth-order valence-corrected chi connectivity index (χ4v) is 2.30. The van der Waals surface area contributed by atoms with Crippen molar-refractivity contribution in [3.05, 3.63) is 69.5 Å². The average Bonchev–Trinajstić information content (AvgIpc) is 2.59. The van der Waals surface area contributed by atoms with E-state index in [0.717, 1.165) is 6.07 Å². The first-order valence-corrected chi connectivity index (χ1v) is 7.20. The van der Waals surface area contributed by atoms with E-state index in [1.54, 1.807) is 26.1 Å². The third-order valence-electron chi connectivity index (χ3n) is 3.86. The number of amides is 1. The van der Waals surface area contributed by atoms with Crippen molar-refractivity contribution in [2.24, 2.45) is 0 Å². The number of carbonyl (C=O) groups excluding carboxylic acids is 1. The molecular weight excluding hydrogens is 315 g/mol. The second kappa shape index (κ2) is 7.08. The molecule has 0 fully saturated rings. The van der Waals surface area contributed by atoms with E-state index < -0.39 is 22.7 Å². The number of methoxy groups -OCH3 is 1. The zero-order valence-corrected chi connectivity index (χ0v) is 13.5. The lowest BCUT2D eigenvalue weighted by atomic mass is 10.1. The monoisotopic (exact) mass is 332 g/mol. The Balaban J connectivity index is 2.25. The molecule has 0 unspecified atom stereocenters. The molecule has 0 saturated heterocycles. The number of benzene rings is 2. The molecule has 0 radical (unpaired) electrons. The van der Waals surface area contributed by atoms with Gasteiger partial charge in [0.2, 0.25) is 0 Å². The highest BCUT2D eigenvalue weighted by molar-refractivity contribution is 5.94. The number of non-ortho nitro benzene ring substituents is 1. The predicted molar refractivity (Wildman–Crippen MR) is 86.6 cm³/mol. The number of rotatable bonds is 5. The topological polar surface area (TPSA) is 72.7 Å². The van der Waals surface area contributed by atoms with Crippen molar-refractivity contribution in [2.75, 3.05) is 14.2 Å². The van der Waals surface area contributed by atoms with E-state index in [4.69, 9.17) is 4.74 Å². The van der Waals surface area contributed by atoms with E-state index in [1.165, 1.54) is 36.3 Å². The van der Waals surface area contributed by atoms with E-state index >= 15 is 0 Å². The Morgan fingerprint density at radius 2 is 2.00 bits per heavy atom. The van der Waals surface area contributed by atoms with Gasteiger partial charge in [-0.05, 0) is 30.7 Å². The molecule has 24 heavy (non-hydrogen) atoms. The Hall–Kier alpha value is -2.96. The molecule has 2 aromatic carbocycles. The summed E-state index contributed by atoms with van der Waals surface area (Å²) in [5, 5.41) is 10.9. The molecule has 0 saturated carbocycles. The summed E-state index contributed by atoms with van der Waals surface area (Å²) in [4.78, 5) is 24.3. The van der Waals surface area contributed by atoms with Gasteiger partial charge in [-0.1, -0.05) is 12.1 Å². The molecule has 0 bridgehead atoms. The number of ether oxygens (including phenoxy) is 1. The van der Waals surface area contributed by atoms with E-state index in [0.29, 0.717) is 5.56 Å². The number of nitro benzene ring substituents is 1. The van der Waals surface area contributed by atoms with E-state index in [9.17, 15) is 19.3 Å². The number of nitrogens with zero attached hydrogens (tertiary/aromatic N) is 2. The summed E-state index contributed by atoms with van der Waals surface area (Å²) in [7, 11) is 2.91. The molecule has 0 aromatic heterocycles. The Kier molecular flexibility index (Phi) is 5.13. The Bertz CT molecular complexity index is 779. The maximum absolute atomic E-state index is 13.8. The van der Waals surface area contributed by atoms with Gasteiger partial charge in [0, 0.05) is 24.7 Å². The smallest absolute Gasteiger partial charge is 0.269 e. The standard InChI is InChI=1S/C17H17FN2O4/c1-11(12-5-4-6-14(9-12)20(22)23)19(2)17(21)13-7-8-16(24-3)15(18)10-13/h4-11H,1-3H3/t11-/m1/s1. The van der Waals surface area contributed by atoms with Crippen LogP contribution in [0.15, 0.2) is 42.5 Å². The fourth-order valence-electron chi connectivity index (χ4n) is 2.30. The minimum absolute atomic E-state index is 0.0457. The minimum atomic E-state index is -0.625. The molecule has 126 valence electrons. The number of halogens is 1. The SMILES string of the molecule is COc1ccc(C(=O)N(C)[C@H](C)c2cccc([N+](=O)[O-])c2)cc1F. The number of carbonyl (C=O) groups is 1. The van der Waals surface area contributed by atoms with Crippen LogP contribution in [0.4, 0.5) is 10.1 Å². The van der Waals surface area contributed by atoms with Crippen molar-refractivity contribution in [2.45, 2.75) is 13.0 Å². The van der Waals surface area contributed by atoms with Gasteiger partial charge in [-0.25, -0.2) is 4.39 Å². The van der Waals surface area contributed by atoms with Crippen molar-refractivity contribution in [3.63, 3.8) is 0 Å². The summed E-state index contributed by atoms with van der Waals surface area (Å²) in [6, 6.07) is 9.63. The molecule has 0 aliphatic carbocycles. The molecule has 0 N–H and O–H groups in total. The fraction of sp³-hybridized carbons (Fsp3) is 0.235. The van der Waals surface area contributed by atoms with Crippen molar-refractivity contribution in [3.8, 4) is 5.75 Å². The van der Waals surface area contributed by atoms with Crippen LogP contribution >= 0.6 is 0 Å². The van der Waals surface area contributed by atoms with Crippen LogP contribution in [0.5, 0.6) is 5.75 Å². The molecule has 6 nitrogen and oxygen atoms in total. The summed E-state index contributed by atoms with van der Waals surface area (Å²) in [6.07, 6.45) is 0. The molecule has 1 atom stereocenters. The first-order chi connectivity index (χ1) is 11.3. The summed E-state index contributed by atoms with van der Waals surface area (Å²) in [5.74, 6) is -0.962. The van der Waals surface area contributed by atoms with Crippen LogP contribution in [-0.2, 0) is 0 Å². The van der Waals surface area contributed by atoms with Crippen LogP contribution in [0.2, 0.25) is 0 Å². The summed E-state index contributed by atoms with van der Waals surface area (Å²) in [6.45, 7) is 1.75. The minimum Gasteiger partial charge on any atom is -0.494 e. The van der Waals surface area contributed by atoms with Gasteiger partial charge in [0.15, 0.2) is 11.6 Å². The van der Waals surface area contributed by atoms with E-state index in [2.05, 4.69) is 0 Å². The molecular formula is C17H17FN2O4. The highest BCUT2D eigenvalue weighted by Crippen LogP contribution is 2.25. The molecule has 0 heterocycles. The highest BCUT2D eigenvalue weighted by atomic mass is 19.1. The van der Waals surface area contributed by atoms with Crippen LogP contribution in [0.1, 0.15) is 28.9 Å². The summed E-state index contributed by atoms with van der Waals surface area (Å²) in [5.41, 5.74) is 0.748. The molecule has 0 aliphatic heterocycles. The Morgan fingerprint density at radius 1 is 1.29 bits per heavy atom. The van der Waals surface area contributed by atoms with Gasteiger partial charge in [-0.2, -0.15) is 0 Å². The average molecular weight is 332 g/mol. The Morgan fingerprint density at radius 3 is 2.58 bits per heavy atom. The Labute approximate surface area is 138 Å². The molecule has 0 aliphatic rings.